The van der Waals surface area contributed by atoms with E-state index in [0.29, 0.717) is 5.56 Å². The van der Waals surface area contributed by atoms with E-state index >= 15 is 0 Å². The SMILES string of the molecule is CNC(c1ccncc1F)c1ccnn1C. The van der Waals surface area contributed by atoms with Gasteiger partial charge < -0.3 is 5.32 Å². The zero-order valence-corrected chi connectivity index (χ0v) is 9.18. The van der Waals surface area contributed by atoms with E-state index in [1.54, 1.807) is 30.2 Å². The molecule has 0 radical (unpaired) electrons. The van der Waals surface area contributed by atoms with Gasteiger partial charge in [0.25, 0.3) is 0 Å². The third kappa shape index (κ3) is 1.81. The van der Waals surface area contributed by atoms with Gasteiger partial charge in [0.1, 0.15) is 5.82 Å². The van der Waals surface area contributed by atoms with Crippen molar-refractivity contribution in [3.63, 3.8) is 0 Å². The molecule has 0 saturated carbocycles. The van der Waals surface area contributed by atoms with Crippen LogP contribution in [-0.2, 0) is 7.05 Å². The third-order valence-electron chi connectivity index (χ3n) is 2.56. The second-order valence-corrected chi connectivity index (χ2v) is 3.50. The van der Waals surface area contributed by atoms with Gasteiger partial charge in [-0.25, -0.2) is 4.39 Å². The van der Waals surface area contributed by atoms with Crippen LogP contribution < -0.4 is 5.32 Å². The molecule has 4 nitrogen and oxygen atoms in total. The first kappa shape index (κ1) is 10.8. The molecule has 1 unspecified atom stereocenters. The van der Waals surface area contributed by atoms with Gasteiger partial charge in [0.2, 0.25) is 0 Å². The van der Waals surface area contributed by atoms with E-state index in [2.05, 4.69) is 15.4 Å². The average molecular weight is 220 g/mol. The summed E-state index contributed by atoms with van der Waals surface area (Å²) in [5.74, 6) is -0.317. The van der Waals surface area contributed by atoms with Crippen molar-refractivity contribution in [3.05, 3.63) is 47.8 Å². The number of halogens is 1. The number of hydrogen-bond donors (Lipinski definition) is 1. The zero-order valence-electron chi connectivity index (χ0n) is 9.18. The maximum atomic E-state index is 13.6. The summed E-state index contributed by atoms with van der Waals surface area (Å²) in [5.41, 5.74) is 1.48. The Morgan fingerprint density at radius 2 is 2.19 bits per heavy atom. The number of hydrogen-bond acceptors (Lipinski definition) is 3. The number of pyridine rings is 1. The van der Waals surface area contributed by atoms with Gasteiger partial charge in [0, 0.05) is 25.0 Å². The van der Waals surface area contributed by atoms with Crippen LogP contribution in [0.25, 0.3) is 0 Å². The summed E-state index contributed by atoms with van der Waals surface area (Å²) in [7, 11) is 3.62. The van der Waals surface area contributed by atoms with Gasteiger partial charge in [0.15, 0.2) is 0 Å². The molecule has 84 valence electrons. The van der Waals surface area contributed by atoms with Gasteiger partial charge in [0.05, 0.1) is 17.9 Å². The van der Waals surface area contributed by atoms with Gasteiger partial charge in [-0.3, -0.25) is 9.67 Å². The molecule has 0 aliphatic heterocycles. The number of rotatable bonds is 3. The average Bonchev–Trinajstić information content (AvgIpc) is 2.69. The lowest BCUT2D eigenvalue weighted by atomic mass is 10.1. The molecule has 0 aliphatic carbocycles. The van der Waals surface area contributed by atoms with Crippen LogP contribution in [0.15, 0.2) is 30.7 Å². The minimum Gasteiger partial charge on any atom is -0.308 e. The van der Waals surface area contributed by atoms with Crippen molar-refractivity contribution >= 4 is 0 Å². The molecule has 1 atom stereocenters. The van der Waals surface area contributed by atoms with Crippen LogP contribution in [0.3, 0.4) is 0 Å². The van der Waals surface area contributed by atoms with Crippen LogP contribution in [0.1, 0.15) is 17.3 Å². The molecule has 0 aliphatic rings. The molecule has 16 heavy (non-hydrogen) atoms. The predicted octanol–water partition coefficient (Wildman–Crippen LogP) is 1.26. The Bertz CT molecular complexity index is 480. The molecule has 0 bridgehead atoms. The molecule has 1 N–H and O–H groups in total. The van der Waals surface area contributed by atoms with E-state index in [1.165, 1.54) is 6.20 Å². The van der Waals surface area contributed by atoms with Crippen molar-refractivity contribution in [2.75, 3.05) is 7.05 Å². The molecule has 2 rings (SSSR count). The second kappa shape index (κ2) is 4.40. The van der Waals surface area contributed by atoms with Gasteiger partial charge in [-0.05, 0) is 19.2 Å². The van der Waals surface area contributed by atoms with E-state index in [4.69, 9.17) is 0 Å². The van der Waals surface area contributed by atoms with Gasteiger partial charge in [-0.1, -0.05) is 0 Å². The Morgan fingerprint density at radius 3 is 2.75 bits per heavy atom. The molecule has 2 heterocycles. The standard InChI is InChI=1S/C11H13FN4/c1-13-11(10-4-6-15-16(10)2)8-3-5-14-7-9(8)12/h3-7,11,13H,1-2H3. The lowest BCUT2D eigenvalue weighted by Crippen LogP contribution is -2.21. The van der Waals surface area contributed by atoms with Gasteiger partial charge in [-0.2, -0.15) is 5.10 Å². The second-order valence-electron chi connectivity index (χ2n) is 3.50. The summed E-state index contributed by atoms with van der Waals surface area (Å²) in [6.07, 6.45) is 4.49. The molecule has 0 fully saturated rings. The Labute approximate surface area is 93.1 Å². The topological polar surface area (TPSA) is 42.7 Å². The number of aromatic nitrogens is 3. The van der Waals surface area contributed by atoms with Gasteiger partial charge in [-0.15, -0.1) is 0 Å². The minimum absolute atomic E-state index is 0.213. The summed E-state index contributed by atoms with van der Waals surface area (Å²) in [6.45, 7) is 0. The van der Waals surface area contributed by atoms with Crippen molar-refractivity contribution < 1.29 is 4.39 Å². The maximum Gasteiger partial charge on any atom is 0.146 e. The fourth-order valence-corrected chi connectivity index (χ4v) is 1.75. The molecule has 0 saturated heterocycles. The fourth-order valence-electron chi connectivity index (χ4n) is 1.75. The lowest BCUT2D eigenvalue weighted by Gasteiger charge is -2.17. The summed E-state index contributed by atoms with van der Waals surface area (Å²) in [6, 6.07) is 3.32. The smallest absolute Gasteiger partial charge is 0.146 e. The van der Waals surface area contributed by atoms with Crippen LogP contribution in [0.2, 0.25) is 0 Å². The van der Waals surface area contributed by atoms with Crippen molar-refractivity contribution in [2.24, 2.45) is 7.05 Å². The number of aryl methyl sites for hydroxylation is 1. The van der Waals surface area contributed by atoms with Crippen molar-refractivity contribution in [2.45, 2.75) is 6.04 Å². The van der Waals surface area contributed by atoms with Crippen LogP contribution in [0, 0.1) is 5.82 Å². The highest BCUT2D eigenvalue weighted by molar-refractivity contribution is 5.26. The molecular weight excluding hydrogens is 207 g/mol. The largest absolute Gasteiger partial charge is 0.308 e. The summed E-state index contributed by atoms with van der Waals surface area (Å²) in [4.78, 5) is 3.74. The quantitative estimate of drug-likeness (QED) is 0.846. The number of nitrogens with zero attached hydrogens (tertiary/aromatic N) is 3. The van der Waals surface area contributed by atoms with E-state index in [1.807, 2.05) is 13.1 Å². The zero-order chi connectivity index (χ0) is 11.5. The highest BCUT2D eigenvalue weighted by Gasteiger charge is 2.18. The van der Waals surface area contributed by atoms with Crippen LogP contribution in [0.4, 0.5) is 4.39 Å². The van der Waals surface area contributed by atoms with E-state index < -0.39 is 0 Å². The van der Waals surface area contributed by atoms with E-state index in [0.717, 1.165) is 5.69 Å². The first-order valence-electron chi connectivity index (χ1n) is 4.98. The molecule has 2 aromatic heterocycles. The Hall–Kier alpha value is -1.75. The first-order valence-corrected chi connectivity index (χ1v) is 4.98. The molecule has 5 heteroatoms. The van der Waals surface area contributed by atoms with Crippen molar-refractivity contribution in [3.8, 4) is 0 Å². The first-order chi connectivity index (χ1) is 7.74. The Morgan fingerprint density at radius 1 is 1.38 bits per heavy atom. The summed E-state index contributed by atoms with van der Waals surface area (Å²) >= 11 is 0. The monoisotopic (exact) mass is 220 g/mol. The Kier molecular flexibility index (Phi) is 2.96. The van der Waals surface area contributed by atoms with Crippen molar-refractivity contribution in [1.29, 1.82) is 0 Å². The predicted molar refractivity (Wildman–Crippen MR) is 58.3 cm³/mol. The normalized spacial score (nSPS) is 12.7. The maximum absolute atomic E-state index is 13.6. The van der Waals surface area contributed by atoms with Crippen molar-refractivity contribution in [1.82, 2.24) is 20.1 Å². The van der Waals surface area contributed by atoms with Gasteiger partial charge >= 0.3 is 0 Å². The van der Waals surface area contributed by atoms with E-state index in [-0.39, 0.29) is 11.9 Å². The summed E-state index contributed by atoms with van der Waals surface area (Å²) in [5, 5.41) is 7.15. The molecule has 0 amide bonds. The molecule has 0 aromatic carbocycles. The lowest BCUT2D eigenvalue weighted by molar-refractivity contribution is 0.548. The fraction of sp³-hybridized carbons (Fsp3) is 0.273. The van der Waals surface area contributed by atoms with E-state index in [9.17, 15) is 4.39 Å². The highest BCUT2D eigenvalue weighted by atomic mass is 19.1. The third-order valence-corrected chi connectivity index (χ3v) is 2.56. The molecular formula is C11H13FN4. The van der Waals surface area contributed by atoms with Crippen LogP contribution >= 0.6 is 0 Å². The molecule has 2 aromatic rings. The Balaban J connectivity index is 2.45. The minimum atomic E-state index is -0.317. The number of nitrogens with one attached hydrogen (secondary N) is 1. The van der Waals surface area contributed by atoms with Crippen LogP contribution in [-0.4, -0.2) is 21.8 Å². The van der Waals surface area contributed by atoms with Crippen LogP contribution in [0.5, 0.6) is 0 Å². The highest BCUT2D eigenvalue weighted by Crippen LogP contribution is 2.22. The summed E-state index contributed by atoms with van der Waals surface area (Å²) < 4.78 is 15.3. The molecule has 0 spiro atoms.